The molecule has 0 fully saturated rings. The zero-order valence-electron chi connectivity index (χ0n) is 14.3. The molecule has 0 spiro atoms. The molecule has 2 heterocycles. The van der Waals surface area contributed by atoms with Crippen LogP contribution in [0.5, 0.6) is 0 Å². The summed E-state index contributed by atoms with van der Waals surface area (Å²) in [5.74, 6) is -2.93. The highest BCUT2D eigenvalue weighted by Crippen LogP contribution is 2.31. The third-order valence-electron chi connectivity index (χ3n) is 4.04. The molecule has 0 aliphatic heterocycles. The summed E-state index contributed by atoms with van der Waals surface area (Å²) in [4.78, 5) is 28.4. The quantitative estimate of drug-likeness (QED) is 0.640. The molecule has 140 valence electrons. The summed E-state index contributed by atoms with van der Waals surface area (Å²) in [6.07, 6.45) is 3.79. The smallest absolute Gasteiger partial charge is 0.343 e. The summed E-state index contributed by atoms with van der Waals surface area (Å²) in [6.45, 7) is 0.381. The second-order valence-electron chi connectivity index (χ2n) is 5.65. The molecule has 27 heavy (non-hydrogen) atoms. The second-order valence-corrected chi connectivity index (χ2v) is 5.65. The molecule has 0 saturated heterocycles. The van der Waals surface area contributed by atoms with Crippen LogP contribution in [0, 0.1) is 11.6 Å². The number of nitrogens with zero attached hydrogens (tertiary/aromatic N) is 2. The standard InChI is InChI=1S/C19H15F3N2O3/c1-2-27-19(26)13-10-24(8-5-20)17-12(18(13)25)9-14(21)15(16(17)22)11-3-6-23-7-4-11/h3-4,6-7,9-10H,2,5,8H2,1H3. The predicted octanol–water partition coefficient (Wildman–Crippen LogP) is 3.49. The third-order valence-corrected chi connectivity index (χ3v) is 4.04. The van der Waals surface area contributed by atoms with Gasteiger partial charge in [0.05, 0.1) is 29.6 Å². The van der Waals surface area contributed by atoms with E-state index in [1.165, 1.54) is 24.5 Å². The number of carbonyl (C=O) groups excluding carboxylic acids is 1. The molecule has 0 saturated carbocycles. The maximum Gasteiger partial charge on any atom is 0.343 e. The average Bonchev–Trinajstić information content (AvgIpc) is 2.65. The van der Waals surface area contributed by atoms with Gasteiger partial charge in [0.2, 0.25) is 5.43 Å². The first kappa shape index (κ1) is 18.6. The number of aryl methyl sites for hydroxylation is 1. The lowest BCUT2D eigenvalue weighted by molar-refractivity contribution is 0.0524. The Balaban J connectivity index is 2.38. The van der Waals surface area contributed by atoms with Gasteiger partial charge in [0, 0.05) is 18.6 Å². The number of benzene rings is 1. The van der Waals surface area contributed by atoms with Crippen LogP contribution in [0.4, 0.5) is 13.2 Å². The second kappa shape index (κ2) is 7.61. The summed E-state index contributed by atoms with van der Waals surface area (Å²) in [6, 6.07) is 3.68. The Kier molecular flexibility index (Phi) is 5.25. The highest BCUT2D eigenvalue weighted by atomic mass is 19.1. The monoisotopic (exact) mass is 376 g/mol. The van der Waals surface area contributed by atoms with E-state index in [4.69, 9.17) is 4.74 Å². The van der Waals surface area contributed by atoms with Gasteiger partial charge in [0.15, 0.2) is 5.82 Å². The van der Waals surface area contributed by atoms with E-state index in [9.17, 15) is 18.4 Å². The fraction of sp³-hybridized carbons (Fsp3) is 0.211. The van der Waals surface area contributed by atoms with Gasteiger partial charge in [-0.25, -0.2) is 18.0 Å². The van der Waals surface area contributed by atoms with Crippen molar-refractivity contribution in [2.45, 2.75) is 13.5 Å². The molecule has 8 heteroatoms. The molecule has 0 bridgehead atoms. The lowest BCUT2D eigenvalue weighted by Gasteiger charge is -2.15. The molecular formula is C19H15F3N2O3. The van der Waals surface area contributed by atoms with Gasteiger partial charge < -0.3 is 9.30 Å². The lowest BCUT2D eigenvalue weighted by Crippen LogP contribution is -2.22. The minimum absolute atomic E-state index is 0.0170. The highest BCUT2D eigenvalue weighted by molar-refractivity contribution is 5.95. The topological polar surface area (TPSA) is 61.2 Å². The minimum atomic E-state index is -1.02. The van der Waals surface area contributed by atoms with Crippen LogP contribution >= 0.6 is 0 Å². The molecule has 0 unspecified atom stereocenters. The van der Waals surface area contributed by atoms with Crippen LogP contribution in [-0.4, -0.2) is 28.8 Å². The molecule has 2 aromatic heterocycles. The molecule has 3 rings (SSSR count). The number of rotatable bonds is 5. The predicted molar refractivity (Wildman–Crippen MR) is 93.3 cm³/mol. The van der Waals surface area contributed by atoms with Crippen LogP contribution in [0.2, 0.25) is 0 Å². The number of halogens is 3. The van der Waals surface area contributed by atoms with Crippen LogP contribution in [0.15, 0.2) is 41.6 Å². The van der Waals surface area contributed by atoms with Crippen LogP contribution < -0.4 is 5.43 Å². The lowest BCUT2D eigenvalue weighted by atomic mass is 10.0. The molecular weight excluding hydrogens is 361 g/mol. The molecule has 1 aromatic carbocycles. The van der Waals surface area contributed by atoms with Crippen molar-refractivity contribution in [1.29, 1.82) is 0 Å². The molecule has 3 aromatic rings. The first-order valence-electron chi connectivity index (χ1n) is 8.18. The summed E-state index contributed by atoms with van der Waals surface area (Å²) in [5, 5.41) is -0.359. The summed E-state index contributed by atoms with van der Waals surface area (Å²) in [5.41, 5.74) is -1.71. The van der Waals surface area contributed by atoms with Crippen molar-refractivity contribution in [2.75, 3.05) is 13.3 Å². The number of hydrogen-bond acceptors (Lipinski definition) is 4. The Morgan fingerprint density at radius 3 is 2.59 bits per heavy atom. The molecule has 0 atom stereocenters. The minimum Gasteiger partial charge on any atom is -0.462 e. The first-order valence-corrected chi connectivity index (χ1v) is 8.18. The van der Waals surface area contributed by atoms with E-state index >= 15 is 4.39 Å². The first-order chi connectivity index (χ1) is 13.0. The Morgan fingerprint density at radius 1 is 1.26 bits per heavy atom. The van der Waals surface area contributed by atoms with Gasteiger partial charge in [0.1, 0.15) is 18.1 Å². The Hall–Kier alpha value is -3.16. The van der Waals surface area contributed by atoms with Crippen molar-refractivity contribution < 1.29 is 22.7 Å². The van der Waals surface area contributed by atoms with E-state index in [2.05, 4.69) is 4.98 Å². The van der Waals surface area contributed by atoms with Gasteiger partial charge in [-0.05, 0) is 30.7 Å². The third kappa shape index (κ3) is 3.30. The van der Waals surface area contributed by atoms with Gasteiger partial charge in [-0.1, -0.05) is 0 Å². The Bertz CT molecular complexity index is 1070. The van der Waals surface area contributed by atoms with Crippen molar-refractivity contribution in [3.8, 4) is 11.1 Å². The van der Waals surface area contributed by atoms with Gasteiger partial charge in [-0.3, -0.25) is 9.78 Å². The van der Waals surface area contributed by atoms with Crippen molar-refractivity contribution in [1.82, 2.24) is 9.55 Å². The normalized spacial score (nSPS) is 11.0. The maximum atomic E-state index is 15.2. The number of carbonyl (C=O) groups is 1. The number of esters is 1. The van der Waals surface area contributed by atoms with E-state index in [-0.39, 0.29) is 35.2 Å². The van der Waals surface area contributed by atoms with E-state index in [0.29, 0.717) is 0 Å². The SMILES string of the molecule is CCOC(=O)c1cn(CCF)c2c(F)c(-c3ccncc3)c(F)cc2c1=O. The van der Waals surface area contributed by atoms with E-state index in [0.717, 1.165) is 16.8 Å². The summed E-state index contributed by atoms with van der Waals surface area (Å²) in [7, 11) is 0. The zero-order chi connectivity index (χ0) is 19.6. The molecule has 0 aliphatic rings. The van der Waals surface area contributed by atoms with Crippen LogP contribution in [0.1, 0.15) is 17.3 Å². The molecule has 5 nitrogen and oxygen atoms in total. The van der Waals surface area contributed by atoms with Crippen LogP contribution in [-0.2, 0) is 11.3 Å². The number of fused-ring (bicyclic) bond motifs is 1. The van der Waals surface area contributed by atoms with Crippen molar-refractivity contribution in [3.63, 3.8) is 0 Å². The zero-order valence-corrected chi connectivity index (χ0v) is 14.3. The molecule has 0 radical (unpaired) electrons. The van der Waals surface area contributed by atoms with Gasteiger partial charge in [0.25, 0.3) is 0 Å². The number of ether oxygens (including phenoxy) is 1. The van der Waals surface area contributed by atoms with Gasteiger partial charge >= 0.3 is 5.97 Å². The van der Waals surface area contributed by atoms with E-state index in [1.54, 1.807) is 6.92 Å². The maximum absolute atomic E-state index is 15.2. The Morgan fingerprint density at radius 2 is 1.96 bits per heavy atom. The van der Waals surface area contributed by atoms with Crippen molar-refractivity contribution >= 4 is 16.9 Å². The number of pyridine rings is 2. The largest absolute Gasteiger partial charge is 0.462 e. The van der Waals surface area contributed by atoms with E-state index < -0.39 is 35.3 Å². The summed E-state index contributed by atoms with van der Waals surface area (Å²) < 4.78 is 48.7. The van der Waals surface area contributed by atoms with E-state index in [1.807, 2.05) is 0 Å². The Labute approximate surface area is 152 Å². The van der Waals surface area contributed by atoms with Crippen molar-refractivity contribution in [2.24, 2.45) is 0 Å². The number of alkyl halides is 1. The number of hydrogen-bond donors (Lipinski definition) is 0. The fourth-order valence-corrected chi connectivity index (χ4v) is 2.89. The van der Waals surface area contributed by atoms with Gasteiger partial charge in [-0.2, -0.15) is 0 Å². The number of aromatic nitrogens is 2. The average molecular weight is 376 g/mol. The molecule has 0 aliphatic carbocycles. The van der Waals surface area contributed by atoms with Crippen LogP contribution in [0.25, 0.3) is 22.0 Å². The fourth-order valence-electron chi connectivity index (χ4n) is 2.89. The highest BCUT2D eigenvalue weighted by Gasteiger charge is 2.23. The summed E-state index contributed by atoms with van der Waals surface area (Å²) >= 11 is 0. The van der Waals surface area contributed by atoms with Crippen molar-refractivity contribution in [3.05, 3.63) is 64.2 Å². The van der Waals surface area contributed by atoms with Gasteiger partial charge in [-0.15, -0.1) is 0 Å². The molecule has 0 amide bonds. The molecule has 0 N–H and O–H groups in total. The van der Waals surface area contributed by atoms with Crippen LogP contribution in [0.3, 0.4) is 0 Å².